The third kappa shape index (κ3) is 3.41. The zero-order valence-corrected chi connectivity index (χ0v) is 13.0. The highest BCUT2D eigenvalue weighted by atomic mass is 32.2. The first kappa shape index (κ1) is 15.5. The van der Waals surface area contributed by atoms with Crippen LogP contribution in [-0.2, 0) is 21.3 Å². The number of sulfonamides is 1. The van der Waals surface area contributed by atoms with Crippen LogP contribution in [0.15, 0.2) is 17.2 Å². The standard InChI is InChI=1S/C13H23N3O3S/c1-4-14-6-12-5-13(7-15-12)20(17,18)16-8-10(2)19-11(3)9-16/h5,7,10-11,14-15H,4,6,8-9H2,1-3H3. The Hall–Kier alpha value is -0.890. The number of nitrogens with one attached hydrogen (secondary N) is 2. The second kappa shape index (κ2) is 6.26. The van der Waals surface area contributed by atoms with Gasteiger partial charge in [-0.1, -0.05) is 6.92 Å². The lowest BCUT2D eigenvalue weighted by Gasteiger charge is -2.34. The molecule has 0 spiro atoms. The van der Waals surface area contributed by atoms with Gasteiger partial charge in [0.05, 0.1) is 17.1 Å². The normalized spacial score (nSPS) is 24.9. The van der Waals surface area contributed by atoms with Crippen molar-refractivity contribution in [3.05, 3.63) is 18.0 Å². The molecular weight excluding hydrogens is 278 g/mol. The van der Waals surface area contributed by atoms with Gasteiger partial charge in [-0.25, -0.2) is 8.42 Å². The van der Waals surface area contributed by atoms with Crippen LogP contribution in [0.1, 0.15) is 26.5 Å². The Morgan fingerprint density at radius 2 is 2.05 bits per heavy atom. The second-order valence-electron chi connectivity index (χ2n) is 5.22. The Balaban J connectivity index is 2.15. The van der Waals surface area contributed by atoms with Crippen LogP contribution in [0.3, 0.4) is 0 Å². The summed E-state index contributed by atoms with van der Waals surface area (Å²) in [6.45, 7) is 8.09. The molecule has 0 saturated carbocycles. The zero-order valence-electron chi connectivity index (χ0n) is 12.2. The molecule has 0 bridgehead atoms. The molecule has 1 aliphatic heterocycles. The minimum absolute atomic E-state index is 0.0753. The maximum absolute atomic E-state index is 12.6. The van der Waals surface area contributed by atoms with E-state index in [-0.39, 0.29) is 12.2 Å². The van der Waals surface area contributed by atoms with E-state index >= 15 is 0 Å². The predicted molar refractivity (Wildman–Crippen MR) is 76.9 cm³/mol. The molecule has 20 heavy (non-hydrogen) atoms. The third-order valence-corrected chi connectivity index (χ3v) is 5.12. The fraction of sp³-hybridized carbons (Fsp3) is 0.692. The van der Waals surface area contributed by atoms with E-state index in [1.807, 2.05) is 20.8 Å². The predicted octanol–water partition coefficient (Wildman–Crippen LogP) is 0.922. The van der Waals surface area contributed by atoms with Crippen molar-refractivity contribution < 1.29 is 13.2 Å². The highest BCUT2D eigenvalue weighted by molar-refractivity contribution is 7.89. The summed E-state index contributed by atoms with van der Waals surface area (Å²) in [6, 6.07) is 1.70. The number of H-pyrrole nitrogens is 1. The maximum Gasteiger partial charge on any atom is 0.244 e. The van der Waals surface area contributed by atoms with Crippen LogP contribution in [0.25, 0.3) is 0 Å². The molecule has 2 rings (SSSR count). The summed E-state index contributed by atoms with van der Waals surface area (Å²) in [5.74, 6) is 0. The quantitative estimate of drug-likeness (QED) is 0.848. The topological polar surface area (TPSA) is 74.4 Å². The maximum atomic E-state index is 12.6. The van der Waals surface area contributed by atoms with Gasteiger partial charge in [0, 0.05) is 31.5 Å². The van der Waals surface area contributed by atoms with Gasteiger partial charge in [0.25, 0.3) is 0 Å². The van der Waals surface area contributed by atoms with Gasteiger partial charge >= 0.3 is 0 Å². The number of rotatable bonds is 5. The van der Waals surface area contributed by atoms with Gasteiger partial charge in [-0.2, -0.15) is 4.31 Å². The van der Waals surface area contributed by atoms with Gasteiger partial charge in [0.2, 0.25) is 10.0 Å². The van der Waals surface area contributed by atoms with E-state index in [4.69, 9.17) is 4.74 Å². The Morgan fingerprint density at radius 1 is 1.40 bits per heavy atom. The monoisotopic (exact) mass is 301 g/mol. The minimum atomic E-state index is -3.44. The molecule has 0 radical (unpaired) electrons. The molecule has 0 aliphatic carbocycles. The van der Waals surface area contributed by atoms with Crippen molar-refractivity contribution in [2.75, 3.05) is 19.6 Å². The Kier molecular flexibility index (Phi) is 4.85. The molecule has 1 aromatic heterocycles. The summed E-state index contributed by atoms with van der Waals surface area (Å²) < 4.78 is 32.3. The Bertz CT molecular complexity index is 531. The Morgan fingerprint density at radius 3 is 2.65 bits per heavy atom. The van der Waals surface area contributed by atoms with E-state index in [9.17, 15) is 8.42 Å². The first-order valence-corrected chi connectivity index (χ1v) is 8.41. The first-order valence-electron chi connectivity index (χ1n) is 6.97. The van der Waals surface area contributed by atoms with Crippen molar-refractivity contribution in [3.8, 4) is 0 Å². The number of morpholine rings is 1. The minimum Gasteiger partial charge on any atom is -0.373 e. The van der Waals surface area contributed by atoms with Gasteiger partial charge in [0.15, 0.2) is 0 Å². The zero-order chi connectivity index (χ0) is 14.8. The summed E-state index contributed by atoms with van der Waals surface area (Å²) in [5.41, 5.74) is 0.875. The average Bonchev–Trinajstić information content (AvgIpc) is 2.84. The van der Waals surface area contributed by atoms with E-state index < -0.39 is 10.0 Å². The van der Waals surface area contributed by atoms with Crippen molar-refractivity contribution in [1.82, 2.24) is 14.6 Å². The van der Waals surface area contributed by atoms with Crippen molar-refractivity contribution in [3.63, 3.8) is 0 Å². The molecule has 7 heteroatoms. The molecule has 2 unspecified atom stereocenters. The number of hydrogen-bond donors (Lipinski definition) is 2. The third-order valence-electron chi connectivity index (χ3n) is 3.31. The fourth-order valence-electron chi connectivity index (χ4n) is 2.41. The van der Waals surface area contributed by atoms with Crippen LogP contribution in [0.5, 0.6) is 0 Å². The van der Waals surface area contributed by atoms with Crippen LogP contribution < -0.4 is 5.32 Å². The molecule has 114 valence electrons. The molecule has 1 fully saturated rings. The van der Waals surface area contributed by atoms with E-state index in [1.165, 1.54) is 4.31 Å². The number of ether oxygens (including phenoxy) is 1. The van der Waals surface area contributed by atoms with Crippen LogP contribution in [0, 0.1) is 0 Å². The summed E-state index contributed by atoms with van der Waals surface area (Å²) in [7, 11) is -3.44. The fourth-order valence-corrected chi connectivity index (χ4v) is 4.02. The van der Waals surface area contributed by atoms with Gasteiger partial charge in [-0.3, -0.25) is 0 Å². The Labute approximate surface area is 120 Å². The highest BCUT2D eigenvalue weighted by Crippen LogP contribution is 2.21. The molecule has 1 aliphatic rings. The second-order valence-corrected chi connectivity index (χ2v) is 7.16. The molecule has 0 aromatic carbocycles. The summed E-state index contributed by atoms with van der Waals surface area (Å²) in [6.07, 6.45) is 1.41. The molecule has 2 atom stereocenters. The summed E-state index contributed by atoms with van der Waals surface area (Å²) in [5, 5.41) is 3.16. The molecule has 1 aromatic rings. The summed E-state index contributed by atoms with van der Waals surface area (Å²) in [4.78, 5) is 3.33. The van der Waals surface area contributed by atoms with Gasteiger partial charge in [0.1, 0.15) is 0 Å². The van der Waals surface area contributed by atoms with Crippen molar-refractivity contribution in [2.45, 2.75) is 44.4 Å². The lowest BCUT2D eigenvalue weighted by atomic mass is 10.3. The number of hydrogen-bond acceptors (Lipinski definition) is 4. The van der Waals surface area contributed by atoms with Crippen LogP contribution in [0.4, 0.5) is 0 Å². The number of nitrogens with zero attached hydrogens (tertiary/aromatic N) is 1. The van der Waals surface area contributed by atoms with E-state index in [0.717, 1.165) is 12.2 Å². The molecule has 6 nitrogen and oxygen atoms in total. The van der Waals surface area contributed by atoms with E-state index in [2.05, 4.69) is 10.3 Å². The largest absolute Gasteiger partial charge is 0.373 e. The van der Waals surface area contributed by atoms with Crippen molar-refractivity contribution in [2.24, 2.45) is 0 Å². The van der Waals surface area contributed by atoms with Gasteiger partial charge < -0.3 is 15.0 Å². The molecule has 2 heterocycles. The van der Waals surface area contributed by atoms with Gasteiger partial charge in [-0.05, 0) is 26.5 Å². The SMILES string of the molecule is CCNCc1cc(S(=O)(=O)N2CC(C)OC(C)C2)c[nH]1. The molecule has 1 saturated heterocycles. The number of aromatic nitrogens is 1. The van der Waals surface area contributed by atoms with Gasteiger partial charge in [-0.15, -0.1) is 0 Å². The van der Waals surface area contributed by atoms with Crippen LogP contribution >= 0.6 is 0 Å². The number of aromatic amines is 1. The van der Waals surface area contributed by atoms with E-state index in [1.54, 1.807) is 12.3 Å². The average molecular weight is 301 g/mol. The van der Waals surface area contributed by atoms with Crippen LogP contribution in [-0.4, -0.2) is 49.5 Å². The molecular formula is C13H23N3O3S. The summed E-state index contributed by atoms with van der Waals surface area (Å²) >= 11 is 0. The first-order chi connectivity index (χ1) is 9.43. The lowest BCUT2D eigenvalue weighted by Crippen LogP contribution is -2.47. The highest BCUT2D eigenvalue weighted by Gasteiger charge is 2.32. The lowest BCUT2D eigenvalue weighted by molar-refractivity contribution is -0.0440. The molecule has 0 amide bonds. The van der Waals surface area contributed by atoms with Crippen molar-refractivity contribution in [1.29, 1.82) is 0 Å². The molecule has 2 N–H and O–H groups in total. The van der Waals surface area contributed by atoms with E-state index in [0.29, 0.717) is 24.5 Å². The van der Waals surface area contributed by atoms with Crippen LogP contribution in [0.2, 0.25) is 0 Å². The smallest absolute Gasteiger partial charge is 0.244 e. The van der Waals surface area contributed by atoms with Crippen molar-refractivity contribution >= 4 is 10.0 Å².